The molecule has 0 radical (unpaired) electrons. The zero-order valence-corrected chi connectivity index (χ0v) is 13.1. The van der Waals surface area contributed by atoms with E-state index in [-0.39, 0.29) is 11.4 Å². The molecule has 2 rings (SSSR count). The molecular formula is C14H22N6O. The van der Waals surface area contributed by atoms with Gasteiger partial charge in [-0.3, -0.25) is 0 Å². The summed E-state index contributed by atoms with van der Waals surface area (Å²) in [7, 11) is 0. The van der Waals surface area contributed by atoms with Crippen LogP contribution in [0.4, 0.5) is 4.79 Å². The Balaban J connectivity index is 2.32. The Bertz CT molecular complexity index is 594. The van der Waals surface area contributed by atoms with Gasteiger partial charge >= 0.3 is 6.03 Å². The van der Waals surface area contributed by atoms with Crippen LogP contribution in [0.3, 0.4) is 0 Å². The molecule has 7 nitrogen and oxygen atoms in total. The van der Waals surface area contributed by atoms with Gasteiger partial charge in [-0.15, -0.1) is 5.10 Å². The SMILES string of the molecule is CCCCc1nc(CC(C)(C)C)n(C(=O)n2cncn2)n1. The van der Waals surface area contributed by atoms with Crippen LogP contribution in [0.1, 0.15) is 52.2 Å². The lowest BCUT2D eigenvalue weighted by molar-refractivity contribution is 0.236. The number of hydrogen-bond acceptors (Lipinski definition) is 5. The van der Waals surface area contributed by atoms with E-state index in [0.717, 1.165) is 19.3 Å². The van der Waals surface area contributed by atoms with E-state index in [2.05, 4.69) is 47.9 Å². The summed E-state index contributed by atoms with van der Waals surface area (Å²) in [6.07, 6.45) is 6.24. The van der Waals surface area contributed by atoms with Crippen molar-refractivity contribution in [2.45, 2.75) is 53.4 Å². The highest BCUT2D eigenvalue weighted by Gasteiger charge is 2.22. The number of unbranched alkanes of at least 4 members (excludes halogenated alkanes) is 1. The van der Waals surface area contributed by atoms with Crippen LogP contribution in [0.15, 0.2) is 12.7 Å². The fraction of sp³-hybridized carbons (Fsp3) is 0.643. The average Bonchev–Trinajstić information content (AvgIpc) is 3.03. The highest BCUT2D eigenvalue weighted by atomic mass is 16.2. The molecule has 0 aliphatic carbocycles. The number of aromatic nitrogens is 6. The van der Waals surface area contributed by atoms with Crippen molar-refractivity contribution in [2.75, 3.05) is 0 Å². The van der Waals surface area contributed by atoms with Crippen LogP contribution in [0.5, 0.6) is 0 Å². The lowest BCUT2D eigenvalue weighted by atomic mass is 9.92. The number of aryl methyl sites for hydroxylation is 1. The maximum Gasteiger partial charge on any atom is 0.372 e. The molecule has 2 heterocycles. The number of carbonyl (C=O) groups is 1. The molecule has 0 aliphatic heterocycles. The topological polar surface area (TPSA) is 78.5 Å². The van der Waals surface area contributed by atoms with Crippen molar-refractivity contribution in [2.24, 2.45) is 5.41 Å². The van der Waals surface area contributed by atoms with Gasteiger partial charge in [0.1, 0.15) is 18.5 Å². The summed E-state index contributed by atoms with van der Waals surface area (Å²) in [6, 6.07) is -0.345. The van der Waals surface area contributed by atoms with Crippen LogP contribution < -0.4 is 0 Å². The quantitative estimate of drug-likeness (QED) is 0.863. The molecule has 0 aromatic carbocycles. The van der Waals surface area contributed by atoms with Crippen molar-refractivity contribution in [1.29, 1.82) is 0 Å². The Labute approximate surface area is 124 Å². The van der Waals surface area contributed by atoms with Crippen LogP contribution in [-0.4, -0.2) is 35.6 Å². The van der Waals surface area contributed by atoms with E-state index in [1.807, 2.05) is 0 Å². The Morgan fingerprint density at radius 2 is 2.10 bits per heavy atom. The molecule has 2 aromatic rings. The van der Waals surface area contributed by atoms with Gasteiger partial charge in [-0.1, -0.05) is 34.1 Å². The minimum Gasteiger partial charge on any atom is -0.243 e. The van der Waals surface area contributed by atoms with Gasteiger partial charge in [0.15, 0.2) is 5.82 Å². The van der Waals surface area contributed by atoms with Crippen LogP contribution >= 0.6 is 0 Å². The van der Waals surface area contributed by atoms with E-state index in [0.29, 0.717) is 18.1 Å². The molecule has 0 bridgehead atoms. The Morgan fingerprint density at radius 1 is 1.33 bits per heavy atom. The van der Waals surface area contributed by atoms with Crippen LogP contribution in [-0.2, 0) is 12.8 Å². The third kappa shape index (κ3) is 3.96. The zero-order chi connectivity index (χ0) is 15.5. The highest BCUT2D eigenvalue weighted by Crippen LogP contribution is 2.20. The number of carbonyl (C=O) groups excluding carboxylic acids is 1. The van der Waals surface area contributed by atoms with Crippen LogP contribution in [0, 0.1) is 5.41 Å². The van der Waals surface area contributed by atoms with Crippen molar-refractivity contribution >= 4 is 6.03 Å². The van der Waals surface area contributed by atoms with Crippen LogP contribution in [0.25, 0.3) is 0 Å². The van der Waals surface area contributed by atoms with Crippen molar-refractivity contribution in [3.8, 4) is 0 Å². The van der Waals surface area contributed by atoms with E-state index in [1.54, 1.807) is 0 Å². The Hall–Kier alpha value is -2.05. The van der Waals surface area contributed by atoms with E-state index in [4.69, 9.17) is 0 Å². The first-order valence-corrected chi connectivity index (χ1v) is 7.25. The van der Waals surface area contributed by atoms with Gasteiger partial charge < -0.3 is 0 Å². The summed E-state index contributed by atoms with van der Waals surface area (Å²) in [5.74, 6) is 1.39. The van der Waals surface area contributed by atoms with Gasteiger partial charge in [0.2, 0.25) is 0 Å². The maximum atomic E-state index is 12.4. The summed E-state index contributed by atoms with van der Waals surface area (Å²) in [5.41, 5.74) is 0.0233. The summed E-state index contributed by atoms with van der Waals surface area (Å²) in [4.78, 5) is 20.8. The first-order valence-electron chi connectivity index (χ1n) is 7.25. The lowest BCUT2D eigenvalue weighted by Crippen LogP contribution is -2.25. The first-order chi connectivity index (χ1) is 9.90. The molecule has 0 amide bonds. The second kappa shape index (κ2) is 6.15. The van der Waals surface area contributed by atoms with Gasteiger partial charge in [-0.2, -0.15) is 14.5 Å². The van der Waals surface area contributed by atoms with Gasteiger partial charge in [0, 0.05) is 12.8 Å². The predicted octanol–water partition coefficient (Wildman–Crippen LogP) is 2.32. The third-order valence-corrected chi connectivity index (χ3v) is 2.96. The largest absolute Gasteiger partial charge is 0.372 e. The van der Waals surface area contributed by atoms with Crippen molar-refractivity contribution in [3.05, 3.63) is 24.3 Å². The minimum atomic E-state index is -0.345. The van der Waals surface area contributed by atoms with Crippen molar-refractivity contribution in [3.63, 3.8) is 0 Å². The lowest BCUT2D eigenvalue weighted by Gasteiger charge is -2.16. The summed E-state index contributed by atoms with van der Waals surface area (Å²) < 4.78 is 2.52. The fourth-order valence-corrected chi connectivity index (χ4v) is 1.98. The zero-order valence-electron chi connectivity index (χ0n) is 13.1. The second-order valence-electron chi connectivity index (χ2n) is 6.32. The third-order valence-electron chi connectivity index (χ3n) is 2.96. The molecule has 0 N–H and O–H groups in total. The second-order valence-corrected chi connectivity index (χ2v) is 6.32. The number of rotatable bonds is 4. The molecule has 0 fully saturated rings. The molecule has 114 valence electrons. The molecule has 2 aromatic heterocycles. The van der Waals surface area contributed by atoms with Gasteiger partial charge in [-0.05, 0) is 11.8 Å². The summed E-state index contributed by atoms with van der Waals surface area (Å²) in [5, 5.41) is 8.22. The van der Waals surface area contributed by atoms with E-state index in [1.165, 1.54) is 22.0 Å². The van der Waals surface area contributed by atoms with E-state index in [9.17, 15) is 4.79 Å². The molecule has 0 saturated heterocycles. The molecule has 0 aliphatic rings. The van der Waals surface area contributed by atoms with Gasteiger partial charge in [0.05, 0.1) is 0 Å². The molecule has 0 saturated carbocycles. The molecule has 0 atom stereocenters. The minimum absolute atomic E-state index is 0.0233. The molecule has 0 spiro atoms. The molecular weight excluding hydrogens is 268 g/mol. The smallest absolute Gasteiger partial charge is 0.243 e. The van der Waals surface area contributed by atoms with E-state index < -0.39 is 0 Å². The van der Waals surface area contributed by atoms with Crippen molar-refractivity contribution < 1.29 is 4.79 Å². The maximum absolute atomic E-state index is 12.4. The summed E-state index contributed by atoms with van der Waals surface area (Å²) in [6.45, 7) is 8.45. The van der Waals surface area contributed by atoms with Gasteiger partial charge in [-0.25, -0.2) is 14.8 Å². The highest BCUT2D eigenvalue weighted by molar-refractivity contribution is 5.77. The molecule has 7 heteroatoms. The number of nitrogens with zero attached hydrogens (tertiary/aromatic N) is 6. The fourth-order valence-electron chi connectivity index (χ4n) is 1.98. The monoisotopic (exact) mass is 290 g/mol. The Morgan fingerprint density at radius 3 is 2.67 bits per heavy atom. The first kappa shape index (κ1) is 15.3. The van der Waals surface area contributed by atoms with Crippen molar-refractivity contribution in [1.82, 2.24) is 29.5 Å². The van der Waals surface area contributed by atoms with E-state index >= 15 is 0 Å². The predicted molar refractivity (Wildman–Crippen MR) is 78.0 cm³/mol. The summed E-state index contributed by atoms with van der Waals surface area (Å²) >= 11 is 0. The Kier molecular flexibility index (Phi) is 4.50. The number of hydrogen-bond donors (Lipinski definition) is 0. The van der Waals surface area contributed by atoms with Gasteiger partial charge in [0.25, 0.3) is 0 Å². The molecule has 21 heavy (non-hydrogen) atoms. The standard InChI is InChI=1S/C14H22N6O/c1-5-6-7-11-17-12(8-14(2,3)4)20(18-11)13(21)19-10-15-9-16-19/h9-10H,5-8H2,1-4H3. The normalized spacial score (nSPS) is 11.8. The molecule has 0 unspecified atom stereocenters. The van der Waals surface area contributed by atoms with Crippen LogP contribution in [0.2, 0.25) is 0 Å². The average molecular weight is 290 g/mol.